The summed E-state index contributed by atoms with van der Waals surface area (Å²) < 4.78 is 28.1. The van der Waals surface area contributed by atoms with E-state index < -0.39 is 17.7 Å². The quantitative estimate of drug-likeness (QED) is 0.617. The number of hydrogen-bond acceptors (Lipinski definition) is 5. The SMILES string of the molecule is Cc1cc(-c2nc(Nc3ccc(F)c(F)c3)nn2CC[C@H](C)O)cc(Cl)n1. The molecule has 0 amide bonds. The molecular formula is C18H18ClF2N5O. The second kappa shape index (κ2) is 7.98. The van der Waals surface area contributed by atoms with E-state index in [1.54, 1.807) is 17.7 Å². The summed E-state index contributed by atoms with van der Waals surface area (Å²) in [6.07, 6.45) is -0.0360. The van der Waals surface area contributed by atoms with E-state index >= 15 is 0 Å². The maximum atomic E-state index is 13.4. The third kappa shape index (κ3) is 4.78. The molecule has 1 aromatic carbocycles. The average Bonchev–Trinajstić information content (AvgIpc) is 2.98. The van der Waals surface area contributed by atoms with E-state index in [1.165, 1.54) is 6.07 Å². The Kier molecular flexibility index (Phi) is 5.67. The van der Waals surface area contributed by atoms with Crippen LogP contribution < -0.4 is 5.32 Å². The normalized spacial score (nSPS) is 12.2. The van der Waals surface area contributed by atoms with E-state index in [2.05, 4.69) is 20.4 Å². The first-order valence-electron chi connectivity index (χ1n) is 8.31. The van der Waals surface area contributed by atoms with Crippen molar-refractivity contribution >= 4 is 23.2 Å². The van der Waals surface area contributed by atoms with E-state index in [4.69, 9.17) is 11.6 Å². The molecule has 2 aromatic heterocycles. The van der Waals surface area contributed by atoms with Crippen molar-refractivity contribution in [1.82, 2.24) is 19.7 Å². The van der Waals surface area contributed by atoms with Crippen molar-refractivity contribution in [2.24, 2.45) is 0 Å². The van der Waals surface area contributed by atoms with E-state index in [0.29, 0.717) is 35.2 Å². The lowest BCUT2D eigenvalue weighted by Crippen LogP contribution is -2.09. The zero-order valence-electron chi connectivity index (χ0n) is 14.7. The predicted octanol–water partition coefficient (Wildman–Crippen LogP) is 4.09. The van der Waals surface area contributed by atoms with Crippen molar-refractivity contribution in [1.29, 1.82) is 0 Å². The minimum atomic E-state index is -0.967. The van der Waals surface area contributed by atoms with Crippen LogP contribution in [0.2, 0.25) is 5.15 Å². The maximum Gasteiger partial charge on any atom is 0.247 e. The fraction of sp³-hybridized carbons (Fsp3) is 0.278. The third-order valence-corrected chi connectivity index (χ3v) is 3.98. The molecule has 2 heterocycles. The Morgan fingerprint density at radius 3 is 2.63 bits per heavy atom. The molecule has 0 unspecified atom stereocenters. The van der Waals surface area contributed by atoms with E-state index in [9.17, 15) is 13.9 Å². The molecule has 0 saturated carbocycles. The van der Waals surface area contributed by atoms with Crippen LogP contribution in [-0.2, 0) is 6.54 Å². The van der Waals surface area contributed by atoms with Gasteiger partial charge < -0.3 is 10.4 Å². The van der Waals surface area contributed by atoms with Crippen LogP contribution in [0.1, 0.15) is 19.0 Å². The fourth-order valence-corrected chi connectivity index (χ4v) is 2.78. The molecule has 3 aromatic rings. The lowest BCUT2D eigenvalue weighted by atomic mass is 10.2. The van der Waals surface area contributed by atoms with Crippen LogP contribution in [0.5, 0.6) is 0 Å². The van der Waals surface area contributed by atoms with Crippen molar-refractivity contribution < 1.29 is 13.9 Å². The van der Waals surface area contributed by atoms with Gasteiger partial charge in [-0.3, -0.25) is 0 Å². The topological polar surface area (TPSA) is 75.9 Å². The van der Waals surface area contributed by atoms with Crippen molar-refractivity contribution in [2.75, 3.05) is 5.32 Å². The number of rotatable bonds is 6. The standard InChI is InChI=1S/C18H18ClF2N5O/c1-10-7-12(8-16(19)22-10)17-24-18(25-26(17)6-5-11(2)27)23-13-3-4-14(20)15(21)9-13/h3-4,7-9,11,27H,5-6H2,1-2H3,(H,23,25)/t11-/m0/s1. The van der Waals surface area contributed by atoms with Gasteiger partial charge in [0.15, 0.2) is 17.5 Å². The average molecular weight is 394 g/mol. The number of anilines is 2. The van der Waals surface area contributed by atoms with Gasteiger partial charge in [0.05, 0.1) is 6.10 Å². The highest BCUT2D eigenvalue weighted by Crippen LogP contribution is 2.25. The Morgan fingerprint density at radius 1 is 1.19 bits per heavy atom. The van der Waals surface area contributed by atoms with Crippen LogP contribution in [0.25, 0.3) is 11.4 Å². The molecule has 6 nitrogen and oxygen atoms in total. The number of aliphatic hydroxyl groups is 1. The van der Waals surface area contributed by atoms with Crippen LogP contribution in [0.4, 0.5) is 20.4 Å². The molecular weight excluding hydrogens is 376 g/mol. The summed E-state index contributed by atoms with van der Waals surface area (Å²) in [4.78, 5) is 8.58. The van der Waals surface area contributed by atoms with Crippen molar-refractivity contribution in [2.45, 2.75) is 32.9 Å². The van der Waals surface area contributed by atoms with Gasteiger partial charge in [-0.1, -0.05) is 11.6 Å². The van der Waals surface area contributed by atoms with E-state index in [-0.39, 0.29) is 5.95 Å². The van der Waals surface area contributed by atoms with Crippen LogP contribution in [-0.4, -0.2) is 31.0 Å². The molecule has 27 heavy (non-hydrogen) atoms. The Morgan fingerprint density at radius 2 is 1.96 bits per heavy atom. The second-order valence-electron chi connectivity index (χ2n) is 6.19. The van der Waals surface area contributed by atoms with Crippen LogP contribution in [0.15, 0.2) is 30.3 Å². The van der Waals surface area contributed by atoms with E-state index in [1.807, 2.05) is 13.0 Å². The summed E-state index contributed by atoms with van der Waals surface area (Å²) in [7, 11) is 0. The monoisotopic (exact) mass is 393 g/mol. The Labute approximate surface area is 159 Å². The fourth-order valence-electron chi connectivity index (χ4n) is 2.53. The highest BCUT2D eigenvalue weighted by Gasteiger charge is 2.15. The van der Waals surface area contributed by atoms with Crippen LogP contribution in [0, 0.1) is 18.6 Å². The number of benzene rings is 1. The summed E-state index contributed by atoms with van der Waals surface area (Å²) >= 11 is 6.05. The zero-order valence-corrected chi connectivity index (χ0v) is 15.5. The highest BCUT2D eigenvalue weighted by molar-refractivity contribution is 6.29. The Hall–Kier alpha value is -2.58. The molecule has 1 atom stereocenters. The van der Waals surface area contributed by atoms with E-state index in [0.717, 1.165) is 17.8 Å². The zero-order chi connectivity index (χ0) is 19.6. The summed E-state index contributed by atoms with van der Waals surface area (Å²) in [5, 5.41) is 17.1. The lowest BCUT2D eigenvalue weighted by Gasteiger charge is -2.08. The minimum Gasteiger partial charge on any atom is -0.393 e. The molecule has 0 saturated heterocycles. The summed E-state index contributed by atoms with van der Waals surface area (Å²) in [6.45, 7) is 3.91. The summed E-state index contributed by atoms with van der Waals surface area (Å²) in [5.41, 5.74) is 1.75. The van der Waals surface area contributed by atoms with Crippen LogP contribution >= 0.6 is 11.6 Å². The summed E-state index contributed by atoms with van der Waals surface area (Å²) in [5.74, 6) is -1.16. The molecule has 0 bridgehead atoms. The number of nitrogens with zero attached hydrogens (tertiary/aromatic N) is 4. The molecule has 2 N–H and O–H groups in total. The molecule has 9 heteroatoms. The van der Waals surface area contributed by atoms with Gasteiger partial charge in [-0.05, 0) is 44.5 Å². The first-order chi connectivity index (χ1) is 12.8. The third-order valence-electron chi connectivity index (χ3n) is 3.79. The van der Waals surface area contributed by atoms with Crippen LogP contribution in [0.3, 0.4) is 0 Å². The molecule has 0 fully saturated rings. The molecule has 0 aliphatic heterocycles. The van der Waals surface area contributed by atoms with Gasteiger partial charge in [0.25, 0.3) is 0 Å². The first kappa shape index (κ1) is 19.2. The van der Waals surface area contributed by atoms with Gasteiger partial charge in [-0.2, -0.15) is 4.98 Å². The Balaban J connectivity index is 1.96. The smallest absolute Gasteiger partial charge is 0.247 e. The number of aromatic nitrogens is 4. The second-order valence-corrected chi connectivity index (χ2v) is 6.58. The van der Waals surface area contributed by atoms with Gasteiger partial charge in [-0.15, -0.1) is 5.10 Å². The van der Waals surface area contributed by atoms with Gasteiger partial charge in [-0.25, -0.2) is 18.4 Å². The molecule has 0 aliphatic rings. The predicted molar refractivity (Wildman–Crippen MR) is 98.9 cm³/mol. The van der Waals surface area contributed by atoms with Gasteiger partial charge >= 0.3 is 0 Å². The number of halogens is 3. The van der Waals surface area contributed by atoms with Crippen molar-refractivity contribution in [3.8, 4) is 11.4 Å². The molecule has 142 valence electrons. The largest absolute Gasteiger partial charge is 0.393 e. The van der Waals surface area contributed by atoms with Crippen molar-refractivity contribution in [3.63, 3.8) is 0 Å². The highest BCUT2D eigenvalue weighted by atomic mass is 35.5. The molecule has 3 rings (SSSR count). The number of aryl methyl sites for hydroxylation is 2. The van der Waals surface area contributed by atoms with Gasteiger partial charge in [0.2, 0.25) is 5.95 Å². The first-order valence-corrected chi connectivity index (χ1v) is 8.69. The molecule has 0 aliphatic carbocycles. The van der Waals surface area contributed by atoms with Gasteiger partial charge in [0, 0.05) is 29.6 Å². The van der Waals surface area contributed by atoms with Gasteiger partial charge in [0.1, 0.15) is 5.15 Å². The maximum absolute atomic E-state index is 13.4. The Bertz CT molecular complexity index is 941. The number of nitrogens with one attached hydrogen (secondary N) is 1. The van der Waals surface area contributed by atoms with Crippen molar-refractivity contribution in [3.05, 3.63) is 52.8 Å². The number of pyridine rings is 1. The minimum absolute atomic E-state index is 0.215. The number of aliphatic hydroxyl groups excluding tert-OH is 1. The molecule has 0 spiro atoms. The number of hydrogen-bond donors (Lipinski definition) is 2. The lowest BCUT2D eigenvalue weighted by molar-refractivity contribution is 0.176. The molecule has 0 radical (unpaired) electrons. The summed E-state index contributed by atoms with van der Waals surface area (Å²) in [6, 6.07) is 6.92.